The number of likely N-dealkylation sites (tertiary alicyclic amines) is 1. The molecule has 1 aliphatic rings. The van der Waals surface area contributed by atoms with Crippen LogP contribution in [0.2, 0.25) is 5.02 Å². The molecule has 3 heterocycles. The van der Waals surface area contributed by atoms with Gasteiger partial charge in [-0.2, -0.15) is 4.98 Å². The van der Waals surface area contributed by atoms with Crippen LogP contribution in [-0.2, 0) is 6.54 Å². The predicted octanol–water partition coefficient (Wildman–Crippen LogP) is 4.54. The van der Waals surface area contributed by atoms with Crippen LogP contribution in [0.4, 0.5) is 0 Å². The third-order valence-electron chi connectivity index (χ3n) is 4.57. The van der Waals surface area contributed by atoms with E-state index in [2.05, 4.69) is 16.2 Å². The average molecular weight is 330 g/mol. The Hall–Kier alpha value is -1.78. The molecule has 1 aromatic carbocycles. The van der Waals surface area contributed by atoms with Gasteiger partial charge in [-0.15, -0.1) is 0 Å². The number of imidazole rings is 1. The first-order valence-corrected chi connectivity index (χ1v) is 8.54. The van der Waals surface area contributed by atoms with Crippen LogP contribution < -0.4 is 0 Å². The molecular weight excluding hydrogens is 310 g/mol. The minimum absolute atomic E-state index is 0.666. The van der Waals surface area contributed by atoms with Crippen molar-refractivity contribution >= 4 is 17.4 Å². The molecule has 1 fully saturated rings. The molecule has 0 N–H and O–H groups in total. The second-order valence-electron chi connectivity index (χ2n) is 6.25. The molecule has 3 aromatic rings. The highest BCUT2D eigenvalue weighted by Gasteiger charge is 2.21. The normalized spacial score (nSPS) is 16.3. The summed E-state index contributed by atoms with van der Waals surface area (Å²) >= 11 is 6.02. The maximum absolute atomic E-state index is 6.02. The molecule has 0 bridgehead atoms. The summed E-state index contributed by atoms with van der Waals surface area (Å²) in [4.78, 5) is 7.24. The van der Waals surface area contributed by atoms with Crippen LogP contribution in [0.25, 0.3) is 17.1 Å². The van der Waals surface area contributed by atoms with E-state index < -0.39 is 0 Å². The van der Waals surface area contributed by atoms with Crippen LogP contribution in [0.3, 0.4) is 0 Å². The Morgan fingerprint density at radius 1 is 1.13 bits per heavy atom. The summed E-state index contributed by atoms with van der Waals surface area (Å²) < 4.78 is 7.75. The highest BCUT2D eigenvalue weighted by atomic mass is 35.5. The standard InChI is InChI=1S/C18H20ClN3O/c1-13-12-23-18-20-17(14-5-7-15(19)8-6-14)16(22(13)18)11-21-9-3-2-4-10-21/h5-8,12H,2-4,9-11H2,1H3. The van der Waals surface area contributed by atoms with E-state index in [4.69, 9.17) is 21.0 Å². The van der Waals surface area contributed by atoms with Gasteiger partial charge < -0.3 is 4.42 Å². The van der Waals surface area contributed by atoms with Crippen molar-refractivity contribution in [3.63, 3.8) is 0 Å². The fraction of sp³-hybridized carbons (Fsp3) is 0.389. The van der Waals surface area contributed by atoms with E-state index in [1.165, 1.54) is 25.0 Å². The topological polar surface area (TPSA) is 33.7 Å². The van der Waals surface area contributed by atoms with Crippen molar-refractivity contribution in [3.8, 4) is 11.3 Å². The zero-order chi connectivity index (χ0) is 15.8. The monoisotopic (exact) mass is 329 g/mol. The van der Waals surface area contributed by atoms with Gasteiger partial charge in [-0.1, -0.05) is 30.2 Å². The number of nitrogens with zero attached hydrogens (tertiary/aromatic N) is 3. The van der Waals surface area contributed by atoms with Gasteiger partial charge in [-0.3, -0.25) is 9.30 Å². The molecule has 0 radical (unpaired) electrons. The van der Waals surface area contributed by atoms with Crippen molar-refractivity contribution in [2.75, 3.05) is 13.1 Å². The molecule has 5 heteroatoms. The number of aryl methyl sites for hydroxylation is 1. The molecule has 1 aliphatic heterocycles. The van der Waals surface area contributed by atoms with Crippen LogP contribution in [0.5, 0.6) is 0 Å². The van der Waals surface area contributed by atoms with E-state index in [1.54, 1.807) is 6.26 Å². The Morgan fingerprint density at radius 3 is 2.61 bits per heavy atom. The highest BCUT2D eigenvalue weighted by molar-refractivity contribution is 6.30. The fourth-order valence-corrected chi connectivity index (χ4v) is 3.50. The Bertz CT molecular complexity index is 813. The lowest BCUT2D eigenvalue weighted by molar-refractivity contribution is 0.218. The van der Waals surface area contributed by atoms with Crippen molar-refractivity contribution in [1.29, 1.82) is 0 Å². The lowest BCUT2D eigenvalue weighted by Gasteiger charge is -2.26. The van der Waals surface area contributed by atoms with Crippen molar-refractivity contribution < 1.29 is 4.42 Å². The Kier molecular flexibility index (Phi) is 3.87. The summed E-state index contributed by atoms with van der Waals surface area (Å²) in [6, 6.07) is 7.88. The third kappa shape index (κ3) is 2.77. The Labute approximate surface area is 140 Å². The fourth-order valence-electron chi connectivity index (χ4n) is 3.38. The van der Waals surface area contributed by atoms with E-state index in [-0.39, 0.29) is 0 Å². The molecular formula is C18H20ClN3O. The van der Waals surface area contributed by atoms with Gasteiger partial charge in [-0.05, 0) is 45.0 Å². The quantitative estimate of drug-likeness (QED) is 0.707. The van der Waals surface area contributed by atoms with Gasteiger partial charge in [-0.25, -0.2) is 0 Å². The molecule has 2 aromatic heterocycles. The molecule has 4 rings (SSSR count). The van der Waals surface area contributed by atoms with Gasteiger partial charge in [0, 0.05) is 17.1 Å². The molecule has 1 saturated heterocycles. The van der Waals surface area contributed by atoms with Crippen molar-refractivity contribution in [1.82, 2.24) is 14.3 Å². The van der Waals surface area contributed by atoms with E-state index >= 15 is 0 Å². The lowest BCUT2D eigenvalue weighted by atomic mass is 10.1. The second kappa shape index (κ2) is 6.02. The first-order chi connectivity index (χ1) is 11.2. The number of oxazole rings is 1. The summed E-state index contributed by atoms with van der Waals surface area (Å²) in [6.07, 6.45) is 5.67. The first-order valence-electron chi connectivity index (χ1n) is 8.16. The molecule has 120 valence electrons. The molecule has 0 atom stereocenters. The number of aromatic nitrogens is 2. The molecule has 0 aliphatic carbocycles. The largest absolute Gasteiger partial charge is 0.431 e. The summed E-state index contributed by atoms with van der Waals surface area (Å²) in [6.45, 7) is 5.28. The van der Waals surface area contributed by atoms with Gasteiger partial charge in [0.2, 0.25) is 0 Å². The van der Waals surface area contributed by atoms with Crippen LogP contribution >= 0.6 is 11.6 Å². The summed E-state index contributed by atoms with van der Waals surface area (Å²) in [5.74, 6) is 0.666. The third-order valence-corrected chi connectivity index (χ3v) is 4.82. The summed E-state index contributed by atoms with van der Waals surface area (Å²) in [5.41, 5.74) is 4.37. The second-order valence-corrected chi connectivity index (χ2v) is 6.68. The van der Waals surface area contributed by atoms with E-state index in [9.17, 15) is 0 Å². The zero-order valence-corrected chi connectivity index (χ0v) is 14.0. The van der Waals surface area contributed by atoms with Crippen LogP contribution in [0, 0.1) is 6.92 Å². The maximum atomic E-state index is 6.02. The van der Waals surface area contributed by atoms with Gasteiger partial charge >= 0.3 is 5.84 Å². The van der Waals surface area contributed by atoms with Crippen LogP contribution in [-0.4, -0.2) is 27.4 Å². The van der Waals surface area contributed by atoms with Crippen LogP contribution in [0.15, 0.2) is 34.9 Å². The Balaban J connectivity index is 1.79. The SMILES string of the molecule is Cc1coc2nc(-c3ccc(Cl)cc3)c(CN3CCCCC3)n12. The van der Waals surface area contributed by atoms with Gasteiger partial charge in [0.05, 0.1) is 17.1 Å². The first kappa shape index (κ1) is 14.8. The molecule has 0 saturated carbocycles. The number of halogens is 1. The number of benzene rings is 1. The number of fused-ring (bicyclic) bond motifs is 1. The average Bonchev–Trinajstić information content (AvgIpc) is 3.10. The number of hydrogen-bond acceptors (Lipinski definition) is 3. The minimum atomic E-state index is 0.666. The minimum Gasteiger partial charge on any atom is -0.431 e. The van der Waals surface area contributed by atoms with Crippen molar-refractivity contribution in [2.45, 2.75) is 32.7 Å². The van der Waals surface area contributed by atoms with E-state index in [0.29, 0.717) is 5.84 Å². The van der Waals surface area contributed by atoms with Gasteiger partial charge in [0.25, 0.3) is 0 Å². The molecule has 23 heavy (non-hydrogen) atoms. The molecule has 4 nitrogen and oxygen atoms in total. The number of hydrogen-bond donors (Lipinski definition) is 0. The lowest BCUT2D eigenvalue weighted by Crippen LogP contribution is -2.29. The summed E-state index contributed by atoms with van der Waals surface area (Å²) in [5, 5.41) is 0.741. The molecule has 0 amide bonds. The van der Waals surface area contributed by atoms with E-state index in [1.807, 2.05) is 24.3 Å². The maximum Gasteiger partial charge on any atom is 0.306 e. The molecule has 0 unspecified atom stereocenters. The summed E-state index contributed by atoms with van der Waals surface area (Å²) in [7, 11) is 0. The highest BCUT2D eigenvalue weighted by Crippen LogP contribution is 2.29. The number of rotatable bonds is 3. The zero-order valence-electron chi connectivity index (χ0n) is 13.3. The van der Waals surface area contributed by atoms with E-state index in [0.717, 1.165) is 41.6 Å². The van der Waals surface area contributed by atoms with Gasteiger partial charge in [0.15, 0.2) is 0 Å². The Morgan fingerprint density at radius 2 is 1.87 bits per heavy atom. The number of piperidine rings is 1. The van der Waals surface area contributed by atoms with Gasteiger partial charge in [0.1, 0.15) is 6.26 Å². The van der Waals surface area contributed by atoms with Crippen LogP contribution in [0.1, 0.15) is 30.7 Å². The van der Waals surface area contributed by atoms with Crippen molar-refractivity contribution in [3.05, 3.63) is 46.9 Å². The van der Waals surface area contributed by atoms with Crippen molar-refractivity contribution in [2.24, 2.45) is 0 Å². The predicted molar refractivity (Wildman–Crippen MR) is 91.8 cm³/mol. The molecule has 0 spiro atoms. The smallest absolute Gasteiger partial charge is 0.306 e.